The molecule has 0 amide bonds. The third kappa shape index (κ3) is 3.10. The van der Waals surface area contributed by atoms with E-state index in [2.05, 4.69) is 10.3 Å². The lowest BCUT2D eigenvalue weighted by Gasteiger charge is -2.08. The Morgan fingerprint density at radius 3 is 2.61 bits per heavy atom. The zero-order valence-corrected chi connectivity index (χ0v) is 11.5. The van der Waals surface area contributed by atoms with Crippen LogP contribution in [0.3, 0.4) is 0 Å². The van der Waals surface area contributed by atoms with E-state index >= 15 is 0 Å². The second-order valence-electron chi connectivity index (χ2n) is 3.55. The Kier molecular flexibility index (Phi) is 4.01. The number of nitrogens with zero attached hydrogens (tertiary/aromatic N) is 1. The fourth-order valence-electron chi connectivity index (χ4n) is 1.36. The van der Waals surface area contributed by atoms with E-state index in [0.717, 1.165) is 5.69 Å². The highest BCUT2D eigenvalue weighted by Crippen LogP contribution is 2.28. The predicted molar refractivity (Wildman–Crippen MR) is 79.9 cm³/mol. The minimum Gasteiger partial charge on any atom is -0.388 e. The Bertz CT molecular complexity index is 584. The lowest BCUT2D eigenvalue weighted by molar-refractivity contribution is 1.29. The summed E-state index contributed by atoms with van der Waals surface area (Å²) in [5.74, 6) is 0. The van der Waals surface area contributed by atoms with Gasteiger partial charge in [-0.25, -0.2) is 0 Å². The number of anilines is 2. The summed E-state index contributed by atoms with van der Waals surface area (Å²) in [6, 6.07) is 8.75. The van der Waals surface area contributed by atoms with Gasteiger partial charge in [0.1, 0.15) is 4.99 Å². The van der Waals surface area contributed by atoms with Crippen molar-refractivity contribution in [3.05, 3.63) is 52.3 Å². The molecule has 0 unspecified atom stereocenters. The zero-order valence-electron chi connectivity index (χ0n) is 9.15. The first-order valence-corrected chi connectivity index (χ1v) is 6.20. The molecule has 0 saturated carbocycles. The molecule has 92 valence electrons. The number of halogens is 2. The maximum Gasteiger partial charge on any atom is 0.122 e. The number of hydrogen-bond acceptors (Lipinski definition) is 3. The normalized spacial score (nSPS) is 10.1. The van der Waals surface area contributed by atoms with Crippen molar-refractivity contribution >= 4 is 51.8 Å². The minimum atomic E-state index is 0.266. The van der Waals surface area contributed by atoms with Gasteiger partial charge in [-0.05, 0) is 30.3 Å². The van der Waals surface area contributed by atoms with Gasteiger partial charge in [0.2, 0.25) is 0 Å². The third-order valence-corrected chi connectivity index (χ3v) is 3.00. The molecule has 2 rings (SSSR count). The smallest absolute Gasteiger partial charge is 0.122 e. The van der Waals surface area contributed by atoms with E-state index in [1.165, 1.54) is 0 Å². The van der Waals surface area contributed by atoms with Crippen molar-refractivity contribution in [3.63, 3.8) is 0 Å². The molecule has 0 saturated heterocycles. The van der Waals surface area contributed by atoms with Crippen LogP contribution in [0.2, 0.25) is 10.0 Å². The number of rotatable bonds is 3. The highest BCUT2D eigenvalue weighted by molar-refractivity contribution is 7.80. The quantitative estimate of drug-likeness (QED) is 0.847. The Morgan fingerprint density at radius 2 is 2.00 bits per heavy atom. The topological polar surface area (TPSA) is 50.9 Å². The molecule has 1 aromatic heterocycles. The molecule has 0 radical (unpaired) electrons. The van der Waals surface area contributed by atoms with E-state index in [0.29, 0.717) is 21.4 Å². The van der Waals surface area contributed by atoms with Gasteiger partial charge in [0.25, 0.3) is 0 Å². The molecule has 0 fully saturated rings. The van der Waals surface area contributed by atoms with Crippen molar-refractivity contribution in [1.82, 2.24) is 4.98 Å². The summed E-state index contributed by atoms with van der Waals surface area (Å²) in [6.07, 6.45) is 1.63. The summed E-state index contributed by atoms with van der Waals surface area (Å²) in [5.41, 5.74) is 7.54. The Labute approximate surface area is 120 Å². The zero-order chi connectivity index (χ0) is 13.1. The molecule has 1 heterocycles. The maximum atomic E-state index is 6.05. The first-order valence-electron chi connectivity index (χ1n) is 5.04. The number of nitrogens with two attached hydrogens (primary N) is 1. The fourth-order valence-corrected chi connectivity index (χ4v) is 1.82. The lowest BCUT2D eigenvalue weighted by atomic mass is 10.3. The average Bonchev–Trinajstić information content (AvgIpc) is 2.34. The van der Waals surface area contributed by atoms with Gasteiger partial charge in [-0.2, -0.15) is 0 Å². The highest BCUT2D eigenvalue weighted by atomic mass is 35.5. The van der Waals surface area contributed by atoms with Crippen molar-refractivity contribution in [2.75, 3.05) is 5.32 Å². The van der Waals surface area contributed by atoms with Crippen molar-refractivity contribution in [2.45, 2.75) is 0 Å². The molecule has 18 heavy (non-hydrogen) atoms. The third-order valence-electron chi connectivity index (χ3n) is 2.22. The van der Waals surface area contributed by atoms with E-state index in [1.807, 2.05) is 6.07 Å². The molecule has 0 spiro atoms. The number of thiocarbonyl (C=S) groups is 1. The van der Waals surface area contributed by atoms with Gasteiger partial charge in [-0.3, -0.25) is 4.98 Å². The van der Waals surface area contributed by atoms with Crippen LogP contribution in [0.15, 0.2) is 36.5 Å². The molecule has 3 nitrogen and oxygen atoms in total. The van der Waals surface area contributed by atoms with Crippen LogP contribution in [0.5, 0.6) is 0 Å². The van der Waals surface area contributed by atoms with Crippen LogP contribution in [-0.2, 0) is 0 Å². The number of hydrogen-bond donors (Lipinski definition) is 2. The molecule has 0 aliphatic rings. The summed E-state index contributed by atoms with van der Waals surface area (Å²) in [4.78, 5) is 4.39. The maximum absolute atomic E-state index is 6.05. The van der Waals surface area contributed by atoms with Crippen LogP contribution < -0.4 is 11.1 Å². The average molecular weight is 298 g/mol. The van der Waals surface area contributed by atoms with Crippen LogP contribution in [0.25, 0.3) is 0 Å². The fraction of sp³-hybridized carbons (Fsp3) is 0. The first kappa shape index (κ1) is 13.1. The monoisotopic (exact) mass is 297 g/mol. The Balaban J connectivity index is 2.23. The van der Waals surface area contributed by atoms with Gasteiger partial charge in [0.15, 0.2) is 0 Å². The van der Waals surface area contributed by atoms with E-state index in [4.69, 9.17) is 41.2 Å². The van der Waals surface area contributed by atoms with Crippen molar-refractivity contribution < 1.29 is 0 Å². The lowest BCUT2D eigenvalue weighted by Crippen LogP contribution is -2.11. The van der Waals surface area contributed by atoms with Crippen LogP contribution in [-0.4, -0.2) is 9.97 Å². The number of pyridine rings is 1. The summed E-state index contributed by atoms with van der Waals surface area (Å²) < 4.78 is 0. The second-order valence-corrected chi connectivity index (χ2v) is 4.83. The van der Waals surface area contributed by atoms with Crippen LogP contribution in [0.4, 0.5) is 11.4 Å². The molecule has 2 aromatic rings. The molecule has 0 aliphatic carbocycles. The van der Waals surface area contributed by atoms with Gasteiger partial charge < -0.3 is 11.1 Å². The molecule has 3 N–H and O–H groups in total. The van der Waals surface area contributed by atoms with Gasteiger partial charge in [-0.15, -0.1) is 0 Å². The molecular formula is C12H9Cl2N3S. The molecule has 0 bridgehead atoms. The summed E-state index contributed by atoms with van der Waals surface area (Å²) in [5, 5.41) is 4.30. The van der Waals surface area contributed by atoms with E-state index in [-0.39, 0.29) is 4.99 Å². The summed E-state index contributed by atoms with van der Waals surface area (Å²) >= 11 is 16.8. The van der Waals surface area contributed by atoms with Crippen molar-refractivity contribution in [1.29, 1.82) is 0 Å². The van der Waals surface area contributed by atoms with E-state index < -0.39 is 0 Å². The molecule has 0 aliphatic heterocycles. The summed E-state index contributed by atoms with van der Waals surface area (Å²) in [6.45, 7) is 0. The Morgan fingerprint density at radius 1 is 1.22 bits per heavy atom. The predicted octanol–water partition coefficient (Wildman–Crippen LogP) is 3.77. The highest BCUT2D eigenvalue weighted by Gasteiger charge is 2.03. The molecule has 1 aromatic carbocycles. The van der Waals surface area contributed by atoms with Crippen molar-refractivity contribution in [3.8, 4) is 0 Å². The first-order chi connectivity index (χ1) is 8.56. The largest absolute Gasteiger partial charge is 0.388 e. The van der Waals surface area contributed by atoms with Crippen LogP contribution in [0.1, 0.15) is 5.69 Å². The molecule has 0 atom stereocenters. The van der Waals surface area contributed by atoms with Crippen LogP contribution >= 0.6 is 35.4 Å². The molecular weight excluding hydrogens is 289 g/mol. The number of benzene rings is 1. The minimum absolute atomic E-state index is 0.266. The van der Waals surface area contributed by atoms with Gasteiger partial charge in [-0.1, -0.05) is 35.4 Å². The van der Waals surface area contributed by atoms with Crippen LogP contribution in [0, 0.1) is 0 Å². The summed E-state index contributed by atoms with van der Waals surface area (Å²) in [7, 11) is 0. The van der Waals surface area contributed by atoms with Gasteiger partial charge in [0, 0.05) is 5.02 Å². The van der Waals surface area contributed by atoms with Gasteiger partial charge in [0.05, 0.1) is 28.3 Å². The molecule has 6 heteroatoms. The standard InChI is InChI=1S/C12H9Cl2N3S/c13-7-1-3-9(14)11(5-7)17-8-2-4-10(12(15)18)16-6-8/h1-6,17H,(H2,15,18). The number of nitrogens with one attached hydrogen (secondary N) is 1. The second kappa shape index (κ2) is 5.52. The van der Waals surface area contributed by atoms with Crippen molar-refractivity contribution in [2.24, 2.45) is 5.73 Å². The van der Waals surface area contributed by atoms with E-state index in [1.54, 1.807) is 30.5 Å². The SMILES string of the molecule is NC(=S)c1ccc(Nc2cc(Cl)ccc2Cl)cn1. The number of aromatic nitrogens is 1. The Hall–Kier alpha value is -1.36. The van der Waals surface area contributed by atoms with Gasteiger partial charge >= 0.3 is 0 Å². The van der Waals surface area contributed by atoms with E-state index in [9.17, 15) is 0 Å².